The molecule has 0 unspecified atom stereocenters. The average molecular weight is 280 g/mol. The Labute approximate surface area is 125 Å². The van der Waals surface area contributed by atoms with Crippen molar-refractivity contribution in [2.75, 3.05) is 5.32 Å². The lowest BCUT2D eigenvalue weighted by atomic mass is 10.0. The van der Waals surface area contributed by atoms with E-state index in [4.69, 9.17) is 0 Å². The Morgan fingerprint density at radius 1 is 1.19 bits per heavy atom. The van der Waals surface area contributed by atoms with Crippen LogP contribution in [-0.4, -0.2) is 10.2 Å². The first-order chi connectivity index (χ1) is 10.2. The van der Waals surface area contributed by atoms with Crippen LogP contribution in [0.2, 0.25) is 0 Å². The molecule has 0 aliphatic heterocycles. The van der Waals surface area contributed by atoms with Gasteiger partial charge in [-0.05, 0) is 30.9 Å². The normalized spacial score (nSPS) is 10.2. The van der Waals surface area contributed by atoms with E-state index in [0.29, 0.717) is 17.9 Å². The molecule has 4 nitrogen and oxygen atoms in total. The zero-order valence-electron chi connectivity index (χ0n) is 12.8. The predicted octanol–water partition coefficient (Wildman–Crippen LogP) is 3.39. The van der Waals surface area contributed by atoms with E-state index < -0.39 is 0 Å². The van der Waals surface area contributed by atoms with Crippen molar-refractivity contribution in [1.29, 1.82) is 5.26 Å². The number of hydrogen-bond acceptors (Lipinski definition) is 4. The zero-order valence-corrected chi connectivity index (χ0v) is 12.8. The SMILES string of the molecule is CCc1nnc(NCc2cccc(C)c2)c(C#N)c1CC. The molecule has 0 aliphatic carbocycles. The Morgan fingerprint density at radius 2 is 2.00 bits per heavy atom. The number of aryl methyl sites for hydroxylation is 2. The summed E-state index contributed by atoms with van der Waals surface area (Å²) in [5.74, 6) is 0.577. The van der Waals surface area contributed by atoms with Crippen molar-refractivity contribution in [1.82, 2.24) is 10.2 Å². The number of hydrogen-bond donors (Lipinski definition) is 1. The predicted molar refractivity (Wildman–Crippen MR) is 84.0 cm³/mol. The van der Waals surface area contributed by atoms with Crippen LogP contribution in [-0.2, 0) is 19.4 Å². The molecule has 1 aromatic heterocycles. The van der Waals surface area contributed by atoms with E-state index in [1.54, 1.807) is 0 Å². The van der Waals surface area contributed by atoms with E-state index in [1.165, 1.54) is 11.1 Å². The van der Waals surface area contributed by atoms with Crippen LogP contribution >= 0.6 is 0 Å². The molecule has 1 aromatic carbocycles. The smallest absolute Gasteiger partial charge is 0.167 e. The number of anilines is 1. The Morgan fingerprint density at radius 3 is 2.62 bits per heavy atom. The van der Waals surface area contributed by atoms with Crippen molar-refractivity contribution in [3.05, 3.63) is 52.2 Å². The molecule has 2 aromatic rings. The molecule has 0 atom stereocenters. The highest BCUT2D eigenvalue weighted by atomic mass is 15.2. The van der Waals surface area contributed by atoms with E-state index in [9.17, 15) is 5.26 Å². The third-order valence-electron chi connectivity index (χ3n) is 3.50. The summed E-state index contributed by atoms with van der Waals surface area (Å²) in [7, 11) is 0. The Kier molecular flexibility index (Phi) is 4.89. The van der Waals surface area contributed by atoms with Crippen molar-refractivity contribution in [3.8, 4) is 6.07 Å². The van der Waals surface area contributed by atoms with Gasteiger partial charge in [-0.15, -0.1) is 5.10 Å². The second kappa shape index (κ2) is 6.85. The minimum Gasteiger partial charge on any atom is -0.363 e. The second-order valence-corrected chi connectivity index (χ2v) is 5.01. The largest absolute Gasteiger partial charge is 0.363 e. The number of rotatable bonds is 5. The van der Waals surface area contributed by atoms with E-state index in [-0.39, 0.29) is 0 Å². The highest BCUT2D eigenvalue weighted by molar-refractivity contribution is 5.56. The zero-order chi connectivity index (χ0) is 15.2. The summed E-state index contributed by atoms with van der Waals surface area (Å²) in [6, 6.07) is 10.5. The summed E-state index contributed by atoms with van der Waals surface area (Å²) < 4.78 is 0. The van der Waals surface area contributed by atoms with Crippen molar-refractivity contribution in [2.45, 2.75) is 40.2 Å². The molecule has 2 rings (SSSR count). The standard InChI is InChI=1S/C17H20N4/c1-4-14-15(10-18)17(21-20-16(14)5-2)19-11-13-8-6-7-12(3)9-13/h6-9H,4-5,11H2,1-3H3,(H,19,21). The highest BCUT2D eigenvalue weighted by Gasteiger charge is 2.13. The topological polar surface area (TPSA) is 61.6 Å². The van der Waals surface area contributed by atoms with Crippen LogP contribution in [0.3, 0.4) is 0 Å². The van der Waals surface area contributed by atoms with Gasteiger partial charge in [0.15, 0.2) is 5.82 Å². The molecule has 0 spiro atoms. The third-order valence-corrected chi connectivity index (χ3v) is 3.50. The lowest BCUT2D eigenvalue weighted by molar-refractivity contribution is 0.869. The summed E-state index contributed by atoms with van der Waals surface area (Å²) in [5.41, 5.74) is 4.92. The molecule has 0 fully saturated rings. The van der Waals surface area contributed by atoms with Crippen LogP contribution in [0.15, 0.2) is 24.3 Å². The Balaban J connectivity index is 2.26. The first-order valence-corrected chi connectivity index (χ1v) is 7.27. The van der Waals surface area contributed by atoms with Gasteiger partial charge >= 0.3 is 0 Å². The van der Waals surface area contributed by atoms with E-state index in [1.807, 2.05) is 19.9 Å². The summed E-state index contributed by atoms with van der Waals surface area (Å²) in [6.45, 7) is 6.78. The summed E-state index contributed by atoms with van der Waals surface area (Å²) in [5, 5.41) is 21.1. The molecule has 21 heavy (non-hydrogen) atoms. The van der Waals surface area contributed by atoms with Gasteiger partial charge in [0.25, 0.3) is 0 Å². The number of aromatic nitrogens is 2. The highest BCUT2D eigenvalue weighted by Crippen LogP contribution is 2.20. The van der Waals surface area contributed by atoms with Crippen LogP contribution in [0, 0.1) is 18.3 Å². The van der Waals surface area contributed by atoms with Gasteiger partial charge in [-0.3, -0.25) is 0 Å². The molecule has 0 saturated heterocycles. The molecule has 0 aliphatic rings. The fourth-order valence-corrected chi connectivity index (χ4v) is 2.42. The summed E-state index contributed by atoms with van der Waals surface area (Å²) in [4.78, 5) is 0. The van der Waals surface area contributed by atoms with Crippen molar-refractivity contribution in [3.63, 3.8) is 0 Å². The van der Waals surface area contributed by atoms with Crippen molar-refractivity contribution in [2.24, 2.45) is 0 Å². The molecule has 0 radical (unpaired) electrons. The summed E-state index contributed by atoms with van der Waals surface area (Å²) in [6.07, 6.45) is 1.59. The van der Waals surface area contributed by atoms with Crippen molar-refractivity contribution < 1.29 is 0 Å². The number of nitrogens with one attached hydrogen (secondary N) is 1. The average Bonchev–Trinajstić information content (AvgIpc) is 2.51. The van der Waals surface area contributed by atoms with E-state index in [0.717, 1.165) is 24.1 Å². The first-order valence-electron chi connectivity index (χ1n) is 7.27. The molecule has 108 valence electrons. The first kappa shape index (κ1) is 15.0. The molecule has 1 N–H and O–H groups in total. The quantitative estimate of drug-likeness (QED) is 0.912. The van der Waals surface area contributed by atoms with Gasteiger partial charge in [-0.25, -0.2) is 0 Å². The monoisotopic (exact) mass is 280 g/mol. The minimum atomic E-state index is 0.577. The fourth-order valence-electron chi connectivity index (χ4n) is 2.42. The molecular weight excluding hydrogens is 260 g/mol. The molecular formula is C17H20N4. The summed E-state index contributed by atoms with van der Waals surface area (Å²) >= 11 is 0. The van der Waals surface area contributed by atoms with Crippen LogP contribution in [0.4, 0.5) is 5.82 Å². The number of nitrogens with zero attached hydrogens (tertiary/aromatic N) is 3. The van der Waals surface area contributed by atoms with Crippen LogP contribution in [0.25, 0.3) is 0 Å². The van der Waals surface area contributed by atoms with Gasteiger partial charge in [0.05, 0.1) is 5.69 Å². The van der Waals surface area contributed by atoms with Gasteiger partial charge < -0.3 is 5.32 Å². The maximum atomic E-state index is 9.43. The maximum absolute atomic E-state index is 9.43. The van der Waals surface area contributed by atoms with E-state index in [2.05, 4.69) is 46.7 Å². The molecule has 1 heterocycles. The lowest BCUT2D eigenvalue weighted by Crippen LogP contribution is -2.10. The van der Waals surface area contributed by atoms with Gasteiger partial charge in [0.1, 0.15) is 11.6 Å². The second-order valence-electron chi connectivity index (χ2n) is 5.01. The lowest BCUT2D eigenvalue weighted by Gasteiger charge is -2.12. The molecule has 0 saturated carbocycles. The molecule has 0 bridgehead atoms. The van der Waals surface area contributed by atoms with Gasteiger partial charge in [0, 0.05) is 6.54 Å². The molecule has 4 heteroatoms. The van der Waals surface area contributed by atoms with Crippen molar-refractivity contribution >= 4 is 5.82 Å². The fraction of sp³-hybridized carbons (Fsp3) is 0.353. The van der Waals surface area contributed by atoms with Gasteiger partial charge in [0.2, 0.25) is 0 Å². The third kappa shape index (κ3) is 3.38. The Hall–Kier alpha value is -2.41. The number of benzene rings is 1. The number of nitriles is 1. The van der Waals surface area contributed by atoms with Crippen LogP contribution in [0.5, 0.6) is 0 Å². The van der Waals surface area contributed by atoms with Crippen LogP contribution < -0.4 is 5.32 Å². The maximum Gasteiger partial charge on any atom is 0.167 e. The molecule has 0 amide bonds. The van der Waals surface area contributed by atoms with E-state index >= 15 is 0 Å². The van der Waals surface area contributed by atoms with Gasteiger partial charge in [-0.2, -0.15) is 10.4 Å². The minimum absolute atomic E-state index is 0.577. The Bertz CT molecular complexity index is 671. The van der Waals surface area contributed by atoms with Gasteiger partial charge in [-0.1, -0.05) is 43.7 Å². The van der Waals surface area contributed by atoms with Crippen LogP contribution in [0.1, 0.15) is 41.8 Å².